The molecule has 1 unspecified atom stereocenters. The summed E-state index contributed by atoms with van der Waals surface area (Å²) < 4.78 is 5.24. The summed E-state index contributed by atoms with van der Waals surface area (Å²) in [5.74, 6) is 0.246. The highest BCUT2D eigenvalue weighted by molar-refractivity contribution is 5.80. The first-order valence-electron chi connectivity index (χ1n) is 4.88. The van der Waals surface area contributed by atoms with Crippen molar-refractivity contribution >= 4 is 5.97 Å². The third-order valence-corrected chi connectivity index (χ3v) is 2.69. The predicted octanol–water partition coefficient (Wildman–Crippen LogP) is 2.50. The Hall–Kier alpha value is -1.79. The van der Waals surface area contributed by atoms with E-state index < -0.39 is 0 Å². The molecule has 1 heterocycles. The fraction of sp³-hybridized carbons (Fsp3) is 0.231. The fourth-order valence-corrected chi connectivity index (χ4v) is 1.71. The molecule has 2 rings (SSSR count). The minimum absolute atomic E-state index is 0.206. The quantitative estimate of drug-likeness (QED) is 0.395. The van der Waals surface area contributed by atoms with Crippen LogP contribution in [0.1, 0.15) is 12.5 Å². The molecule has 0 aromatic heterocycles. The summed E-state index contributed by atoms with van der Waals surface area (Å²) >= 11 is 0. The number of para-hydroxylation sites is 1. The molecule has 0 amide bonds. The molecule has 1 aliphatic rings. The summed E-state index contributed by atoms with van der Waals surface area (Å²) in [7, 11) is 0. The van der Waals surface area contributed by atoms with E-state index in [0.717, 1.165) is 11.1 Å². The molecule has 2 nitrogen and oxygen atoms in total. The molecule has 0 fully saturated rings. The minimum atomic E-state index is -0.225. The lowest BCUT2D eigenvalue weighted by molar-refractivity contribution is -0.138. The fourth-order valence-electron chi connectivity index (χ4n) is 1.71. The van der Waals surface area contributed by atoms with Gasteiger partial charge in [-0.1, -0.05) is 24.8 Å². The summed E-state index contributed by atoms with van der Waals surface area (Å²) in [6.45, 7) is 5.41. The number of ether oxygens (including phenoxy) is 1. The number of hydrogen-bond acceptors (Lipinski definition) is 2. The molecular formula is C13H12O2. The van der Waals surface area contributed by atoms with Crippen molar-refractivity contribution in [3.8, 4) is 5.75 Å². The average Bonchev–Trinajstić information content (AvgIpc) is 2.27. The molecule has 0 radical (unpaired) electrons. The molecule has 0 saturated heterocycles. The van der Waals surface area contributed by atoms with Crippen LogP contribution in [-0.2, 0) is 11.2 Å². The van der Waals surface area contributed by atoms with Gasteiger partial charge in [0.15, 0.2) is 0 Å². The third kappa shape index (κ3) is 1.72. The largest absolute Gasteiger partial charge is 0.426 e. The van der Waals surface area contributed by atoms with Crippen molar-refractivity contribution in [1.29, 1.82) is 0 Å². The monoisotopic (exact) mass is 200 g/mol. The minimum Gasteiger partial charge on any atom is -0.426 e. The van der Waals surface area contributed by atoms with Gasteiger partial charge in [0.25, 0.3) is 0 Å². The predicted molar refractivity (Wildman–Crippen MR) is 57.6 cm³/mol. The van der Waals surface area contributed by atoms with Gasteiger partial charge < -0.3 is 4.74 Å². The summed E-state index contributed by atoms with van der Waals surface area (Å²) in [4.78, 5) is 11.6. The van der Waals surface area contributed by atoms with E-state index in [2.05, 4.69) is 12.3 Å². The number of fused-ring (bicyclic) bond motifs is 1. The van der Waals surface area contributed by atoms with Crippen LogP contribution < -0.4 is 4.74 Å². The van der Waals surface area contributed by atoms with E-state index in [4.69, 9.17) is 4.74 Å². The Balaban J connectivity index is 2.38. The van der Waals surface area contributed by atoms with E-state index in [9.17, 15) is 4.79 Å². The van der Waals surface area contributed by atoms with Gasteiger partial charge >= 0.3 is 5.97 Å². The number of carbonyl (C=O) groups is 1. The topological polar surface area (TPSA) is 26.3 Å². The highest BCUT2D eigenvalue weighted by atomic mass is 16.5. The molecule has 2 heteroatoms. The van der Waals surface area contributed by atoms with Crippen LogP contribution in [0.3, 0.4) is 0 Å². The van der Waals surface area contributed by atoms with E-state index in [0.29, 0.717) is 12.2 Å². The highest BCUT2D eigenvalue weighted by Crippen LogP contribution is 2.30. The van der Waals surface area contributed by atoms with E-state index in [1.807, 2.05) is 31.2 Å². The Kier molecular flexibility index (Phi) is 2.44. The molecule has 0 N–H and O–H groups in total. The molecule has 0 aliphatic carbocycles. The molecule has 76 valence electrons. The van der Waals surface area contributed by atoms with Gasteiger partial charge in [0.1, 0.15) is 5.75 Å². The number of carbonyl (C=O) groups excluding carboxylic acids is 1. The second-order valence-corrected chi connectivity index (χ2v) is 3.65. The maximum Gasteiger partial charge on any atom is 0.319 e. The van der Waals surface area contributed by atoms with Gasteiger partial charge in [-0.3, -0.25) is 4.79 Å². The Bertz CT molecular complexity index is 453. The molecule has 1 aliphatic heterocycles. The molecule has 0 bridgehead atoms. The van der Waals surface area contributed by atoms with Gasteiger partial charge in [-0.05, 0) is 30.5 Å². The number of esters is 1. The van der Waals surface area contributed by atoms with Crippen LogP contribution in [0.15, 0.2) is 42.1 Å². The summed E-state index contributed by atoms with van der Waals surface area (Å²) in [5, 5.41) is 0. The highest BCUT2D eigenvalue weighted by Gasteiger charge is 2.29. The van der Waals surface area contributed by atoms with Crippen LogP contribution in [0.2, 0.25) is 0 Å². The Morgan fingerprint density at radius 1 is 1.53 bits per heavy atom. The molecule has 15 heavy (non-hydrogen) atoms. The Labute approximate surface area is 88.9 Å². The first-order valence-corrected chi connectivity index (χ1v) is 4.88. The Morgan fingerprint density at radius 2 is 2.27 bits per heavy atom. The zero-order chi connectivity index (χ0) is 10.8. The second-order valence-electron chi connectivity index (χ2n) is 3.65. The second kappa shape index (κ2) is 3.76. The summed E-state index contributed by atoms with van der Waals surface area (Å²) in [6, 6.07) is 7.60. The first-order chi connectivity index (χ1) is 7.22. The van der Waals surface area contributed by atoms with Crippen molar-refractivity contribution in [2.24, 2.45) is 5.92 Å². The number of benzene rings is 1. The normalized spacial score (nSPS) is 18.7. The van der Waals surface area contributed by atoms with E-state index in [1.54, 1.807) is 0 Å². The number of hydrogen-bond donors (Lipinski definition) is 0. The lowest BCUT2D eigenvalue weighted by atomic mass is 9.91. The van der Waals surface area contributed by atoms with Crippen molar-refractivity contribution < 1.29 is 9.53 Å². The van der Waals surface area contributed by atoms with Crippen LogP contribution in [0.25, 0.3) is 0 Å². The zero-order valence-electron chi connectivity index (χ0n) is 8.62. The summed E-state index contributed by atoms with van der Waals surface area (Å²) in [5.41, 5.74) is 4.67. The van der Waals surface area contributed by atoms with Gasteiger partial charge in [0.05, 0.1) is 5.92 Å². The van der Waals surface area contributed by atoms with Gasteiger partial charge in [-0.15, -0.1) is 5.73 Å². The maximum atomic E-state index is 11.6. The lowest BCUT2D eigenvalue weighted by Crippen LogP contribution is -2.28. The third-order valence-electron chi connectivity index (χ3n) is 2.69. The van der Waals surface area contributed by atoms with E-state index in [1.165, 1.54) is 0 Å². The zero-order valence-corrected chi connectivity index (χ0v) is 8.62. The Morgan fingerprint density at radius 3 is 3.00 bits per heavy atom. The average molecular weight is 200 g/mol. The van der Waals surface area contributed by atoms with Gasteiger partial charge in [0, 0.05) is 0 Å². The van der Waals surface area contributed by atoms with Crippen molar-refractivity contribution in [2.45, 2.75) is 13.3 Å². The molecular weight excluding hydrogens is 188 g/mol. The standard InChI is InChI=1S/C13H12O2/c1-3-9(2)11-8-10-6-4-5-7-12(10)15-13(11)14/h4-7,11H,1,8H2,2H3. The molecule has 1 atom stereocenters. The SMILES string of the molecule is C=C=C(C)C1Cc2ccccc2OC1=O. The lowest BCUT2D eigenvalue weighted by Gasteiger charge is -2.22. The van der Waals surface area contributed by atoms with Crippen molar-refractivity contribution in [3.05, 3.63) is 47.7 Å². The van der Waals surface area contributed by atoms with Crippen molar-refractivity contribution in [1.82, 2.24) is 0 Å². The van der Waals surface area contributed by atoms with Crippen LogP contribution in [0.5, 0.6) is 5.75 Å². The van der Waals surface area contributed by atoms with Crippen LogP contribution >= 0.6 is 0 Å². The van der Waals surface area contributed by atoms with Crippen LogP contribution in [-0.4, -0.2) is 5.97 Å². The molecule has 0 saturated carbocycles. The van der Waals surface area contributed by atoms with Crippen molar-refractivity contribution in [2.75, 3.05) is 0 Å². The van der Waals surface area contributed by atoms with Gasteiger partial charge in [-0.25, -0.2) is 0 Å². The van der Waals surface area contributed by atoms with Crippen LogP contribution in [0.4, 0.5) is 0 Å². The van der Waals surface area contributed by atoms with Gasteiger partial charge in [-0.2, -0.15) is 0 Å². The maximum absolute atomic E-state index is 11.6. The first kappa shape index (κ1) is 9.75. The molecule has 1 aromatic rings. The smallest absolute Gasteiger partial charge is 0.319 e. The van der Waals surface area contributed by atoms with Crippen molar-refractivity contribution in [3.63, 3.8) is 0 Å². The van der Waals surface area contributed by atoms with Crippen LogP contribution in [0, 0.1) is 5.92 Å². The summed E-state index contributed by atoms with van der Waals surface area (Å²) in [6.07, 6.45) is 0.684. The van der Waals surface area contributed by atoms with Gasteiger partial charge in [0.2, 0.25) is 0 Å². The number of rotatable bonds is 1. The molecule has 0 spiro atoms. The van der Waals surface area contributed by atoms with E-state index >= 15 is 0 Å². The van der Waals surface area contributed by atoms with E-state index in [-0.39, 0.29) is 11.9 Å². The molecule has 1 aromatic carbocycles.